The molecule has 11 heteroatoms. The van der Waals surface area contributed by atoms with Crippen LogP contribution in [0.4, 0.5) is 23.4 Å². The van der Waals surface area contributed by atoms with Crippen LogP contribution in [0.3, 0.4) is 0 Å². The van der Waals surface area contributed by atoms with Crippen LogP contribution in [0.2, 0.25) is 0 Å². The number of pyridine rings is 1. The minimum Gasteiger partial charge on any atom is -0.484 e. The van der Waals surface area contributed by atoms with Crippen molar-refractivity contribution in [3.8, 4) is 11.8 Å². The standard InChI is InChI=1S/C21H17F4N5O2/c1-13-6-14(2-3-18(13)32-12-21(23,24)25)7-20(31)28-19-4-5-30(29-19)11-16-8-15(9-26)17(22)10-27-16/h2-6,8,10H,7,11-12H2,1H3,(H,28,29,31). The molecule has 0 aliphatic heterocycles. The zero-order chi connectivity index (χ0) is 23.3. The number of carbonyl (C=O) groups is 1. The Morgan fingerprint density at radius 3 is 2.75 bits per heavy atom. The number of carbonyl (C=O) groups excluding carboxylic acids is 1. The summed E-state index contributed by atoms with van der Waals surface area (Å²) in [6.07, 6.45) is -1.90. The lowest BCUT2D eigenvalue weighted by atomic mass is 10.1. The molecule has 1 amide bonds. The van der Waals surface area contributed by atoms with Gasteiger partial charge in [-0.05, 0) is 30.2 Å². The molecule has 1 aromatic carbocycles. The van der Waals surface area contributed by atoms with Crippen LogP contribution in [-0.4, -0.2) is 33.5 Å². The Hall–Kier alpha value is -3.94. The van der Waals surface area contributed by atoms with Crippen LogP contribution in [0.1, 0.15) is 22.4 Å². The van der Waals surface area contributed by atoms with Crippen molar-refractivity contribution in [2.45, 2.75) is 26.1 Å². The van der Waals surface area contributed by atoms with Gasteiger partial charge in [0.2, 0.25) is 5.91 Å². The molecule has 0 unspecified atom stereocenters. The Morgan fingerprint density at radius 1 is 1.28 bits per heavy atom. The number of ether oxygens (including phenoxy) is 1. The van der Waals surface area contributed by atoms with Gasteiger partial charge in [0.25, 0.3) is 0 Å². The lowest BCUT2D eigenvalue weighted by Crippen LogP contribution is -2.19. The third-order valence-electron chi connectivity index (χ3n) is 4.26. The van der Waals surface area contributed by atoms with Crippen LogP contribution in [-0.2, 0) is 17.8 Å². The highest BCUT2D eigenvalue weighted by molar-refractivity contribution is 5.91. The van der Waals surface area contributed by atoms with E-state index in [2.05, 4.69) is 15.4 Å². The van der Waals surface area contributed by atoms with Gasteiger partial charge in [-0.25, -0.2) is 4.39 Å². The fourth-order valence-corrected chi connectivity index (χ4v) is 2.85. The minimum atomic E-state index is -4.43. The maximum Gasteiger partial charge on any atom is 0.422 e. The first-order chi connectivity index (χ1) is 15.1. The zero-order valence-electron chi connectivity index (χ0n) is 16.8. The van der Waals surface area contributed by atoms with E-state index in [4.69, 9.17) is 10.00 Å². The number of aryl methyl sites for hydroxylation is 1. The van der Waals surface area contributed by atoms with E-state index >= 15 is 0 Å². The van der Waals surface area contributed by atoms with E-state index in [1.54, 1.807) is 31.3 Å². The van der Waals surface area contributed by atoms with Crippen LogP contribution < -0.4 is 10.1 Å². The molecule has 0 aliphatic carbocycles. The molecule has 32 heavy (non-hydrogen) atoms. The van der Waals surface area contributed by atoms with Crippen molar-refractivity contribution in [1.82, 2.24) is 14.8 Å². The van der Waals surface area contributed by atoms with Crippen molar-refractivity contribution in [2.75, 3.05) is 11.9 Å². The number of amides is 1. The predicted molar refractivity (Wildman–Crippen MR) is 105 cm³/mol. The highest BCUT2D eigenvalue weighted by Crippen LogP contribution is 2.23. The number of nitriles is 1. The average Bonchev–Trinajstić information content (AvgIpc) is 3.14. The molecule has 0 atom stereocenters. The lowest BCUT2D eigenvalue weighted by Gasteiger charge is -2.12. The maximum absolute atomic E-state index is 13.4. The summed E-state index contributed by atoms with van der Waals surface area (Å²) in [5.41, 5.74) is 1.37. The largest absolute Gasteiger partial charge is 0.484 e. The molecular weight excluding hydrogens is 430 g/mol. The smallest absolute Gasteiger partial charge is 0.422 e. The number of halogens is 4. The second-order valence-corrected chi connectivity index (χ2v) is 6.89. The summed E-state index contributed by atoms with van der Waals surface area (Å²) in [7, 11) is 0. The summed E-state index contributed by atoms with van der Waals surface area (Å²) >= 11 is 0. The highest BCUT2D eigenvalue weighted by Gasteiger charge is 2.28. The van der Waals surface area contributed by atoms with Gasteiger partial charge in [-0.1, -0.05) is 12.1 Å². The average molecular weight is 447 g/mol. The summed E-state index contributed by atoms with van der Waals surface area (Å²) in [6.45, 7) is 0.376. The normalized spacial score (nSPS) is 11.1. The quantitative estimate of drug-likeness (QED) is 0.557. The van der Waals surface area contributed by atoms with Crippen molar-refractivity contribution in [1.29, 1.82) is 5.26 Å². The molecule has 166 valence electrons. The molecule has 3 rings (SSSR count). The summed E-state index contributed by atoms with van der Waals surface area (Å²) in [4.78, 5) is 16.2. The fourth-order valence-electron chi connectivity index (χ4n) is 2.85. The first-order valence-corrected chi connectivity index (χ1v) is 9.30. The Bertz CT molecular complexity index is 1170. The molecular formula is C21H17F4N5O2. The number of aromatic nitrogens is 3. The highest BCUT2D eigenvalue weighted by atomic mass is 19.4. The topological polar surface area (TPSA) is 92.8 Å². The molecule has 7 nitrogen and oxygen atoms in total. The number of nitrogens with zero attached hydrogens (tertiary/aromatic N) is 4. The third-order valence-corrected chi connectivity index (χ3v) is 4.26. The van der Waals surface area contributed by atoms with Gasteiger partial charge in [0.05, 0.1) is 30.4 Å². The van der Waals surface area contributed by atoms with Crippen LogP contribution in [0.5, 0.6) is 5.75 Å². The monoisotopic (exact) mass is 447 g/mol. The lowest BCUT2D eigenvalue weighted by molar-refractivity contribution is -0.153. The van der Waals surface area contributed by atoms with Gasteiger partial charge in [-0.3, -0.25) is 14.5 Å². The minimum absolute atomic E-state index is 0.0156. The molecule has 0 radical (unpaired) electrons. The van der Waals surface area contributed by atoms with Crippen molar-refractivity contribution >= 4 is 11.7 Å². The van der Waals surface area contributed by atoms with E-state index in [0.717, 1.165) is 6.20 Å². The molecule has 0 bridgehead atoms. The number of anilines is 1. The van der Waals surface area contributed by atoms with Crippen molar-refractivity contribution in [2.24, 2.45) is 0 Å². The molecule has 0 spiro atoms. The molecule has 0 fully saturated rings. The predicted octanol–water partition coefficient (Wildman–Crippen LogP) is 3.77. The van der Waals surface area contributed by atoms with Gasteiger partial charge in [0.1, 0.15) is 11.8 Å². The van der Waals surface area contributed by atoms with Gasteiger partial charge >= 0.3 is 6.18 Å². The van der Waals surface area contributed by atoms with E-state index in [-0.39, 0.29) is 36.0 Å². The van der Waals surface area contributed by atoms with E-state index in [0.29, 0.717) is 16.8 Å². The molecule has 0 saturated heterocycles. The molecule has 3 aromatic rings. The van der Waals surface area contributed by atoms with E-state index in [1.165, 1.54) is 22.9 Å². The van der Waals surface area contributed by atoms with Crippen molar-refractivity contribution in [3.63, 3.8) is 0 Å². The van der Waals surface area contributed by atoms with Crippen molar-refractivity contribution in [3.05, 3.63) is 70.9 Å². The second kappa shape index (κ2) is 9.47. The van der Waals surface area contributed by atoms with Gasteiger partial charge in [-0.2, -0.15) is 23.5 Å². The number of hydrogen-bond acceptors (Lipinski definition) is 5. The van der Waals surface area contributed by atoms with Gasteiger partial charge < -0.3 is 10.1 Å². The van der Waals surface area contributed by atoms with Crippen LogP contribution in [0, 0.1) is 24.1 Å². The van der Waals surface area contributed by atoms with Crippen LogP contribution in [0.25, 0.3) is 0 Å². The van der Waals surface area contributed by atoms with E-state index < -0.39 is 18.6 Å². The van der Waals surface area contributed by atoms with Crippen LogP contribution in [0.15, 0.2) is 42.7 Å². The van der Waals surface area contributed by atoms with Gasteiger partial charge in [0.15, 0.2) is 18.2 Å². The number of benzene rings is 1. The third kappa shape index (κ3) is 6.28. The summed E-state index contributed by atoms with van der Waals surface area (Å²) in [6, 6.07) is 9.11. The number of rotatable bonds is 7. The fraction of sp³-hybridized carbons (Fsp3) is 0.238. The number of alkyl halides is 3. The number of hydrogen-bond donors (Lipinski definition) is 1. The SMILES string of the molecule is Cc1cc(CC(=O)Nc2ccn(Cc3cc(C#N)c(F)cn3)n2)ccc1OCC(F)(F)F. The summed E-state index contributed by atoms with van der Waals surface area (Å²) in [5.74, 6) is -0.705. The summed E-state index contributed by atoms with van der Waals surface area (Å²) < 4.78 is 56.4. The van der Waals surface area contributed by atoms with Gasteiger partial charge in [-0.15, -0.1) is 0 Å². The Morgan fingerprint density at radius 2 is 2.06 bits per heavy atom. The number of nitrogens with one attached hydrogen (secondary N) is 1. The molecule has 0 saturated carbocycles. The van der Waals surface area contributed by atoms with Crippen LogP contribution >= 0.6 is 0 Å². The molecule has 1 N–H and O–H groups in total. The first kappa shape index (κ1) is 22.7. The Balaban J connectivity index is 1.57. The molecule has 0 aliphatic rings. The molecule has 2 aromatic heterocycles. The first-order valence-electron chi connectivity index (χ1n) is 9.30. The Labute approximate surface area is 180 Å². The van der Waals surface area contributed by atoms with Gasteiger partial charge in [0, 0.05) is 12.3 Å². The Kier molecular flexibility index (Phi) is 6.73. The second-order valence-electron chi connectivity index (χ2n) is 6.89. The summed E-state index contributed by atoms with van der Waals surface area (Å²) in [5, 5.41) is 15.7. The zero-order valence-corrected chi connectivity index (χ0v) is 16.8. The van der Waals surface area contributed by atoms with E-state index in [9.17, 15) is 22.4 Å². The van der Waals surface area contributed by atoms with E-state index in [1.807, 2.05) is 0 Å². The maximum atomic E-state index is 13.4. The molecule has 2 heterocycles. The van der Waals surface area contributed by atoms with Crippen molar-refractivity contribution < 1.29 is 27.1 Å².